The molecule has 1 aromatic carbocycles. The highest BCUT2D eigenvalue weighted by atomic mass is 32.2. The molecule has 25 heavy (non-hydrogen) atoms. The fourth-order valence-electron chi connectivity index (χ4n) is 2.53. The summed E-state index contributed by atoms with van der Waals surface area (Å²) in [6.45, 7) is 1.32. The maximum atomic E-state index is 11.9. The molecule has 1 aliphatic rings. The SMILES string of the molecule is COc1ccc(-c2nnc(SCC(=O)NC[C@H]3CCCO3)n2N)cc1. The Hall–Kier alpha value is -2.26. The van der Waals surface area contributed by atoms with Gasteiger partial charge < -0.3 is 20.6 Å². The maximum absolute atomic E-state index is 11.9. The molecule has 2 aromatic rings. The minimum absolute atomic E-state index is 0.0745. The van der Waals surface area contributed by atoms with Crippen molar-refractivity contribution in [2.45, 2.75) is 24.1 Å². The van der Waals surface area contributed by atoms with Gasteiger partial charge in [0.25, 0.3) is 0 Å². The Morgan fingerprint density at radius 1 is 1.44 bits per heavy atom. The zero-order valence-corrected chi connectivity index (χ0v) is 14.8. The number of carbonyl (C=O) groups excluding carboxylic acids is 1. The van der Waals surface area contributed by atoms with Gasteiger partial charge in [-0.25, -0.2) is 4.68 Å². The number of hydrogen-bond donors (Lipinski definition) is 2. The highest BCUT2D eigenvalue weighted by molar-refractivity contribution is 7.99. The number of methoxy groups -OCH3 is 1. The van der Waals surface area contributed by atoms with Gasteiger partial charge in [-0.2, -0.15) is 0 Å². The van der Waals surface area contributed by atoms with Crippen LogP contribution in [0.1, 0.15) is 12.8 Å². The third-order valence-corrected chi connectivity index (χ3v) is 4.84. The zero-order chi connectivity index (χ0) is 17.6. The van der Waals surface area contributed by atoms with Crippen LogP contribution in [0.3, 0.4) is 0 Å². The number of thioether (sulfide) groups is 1. The van der Waals surface area contributed by atoms with E-state index in [1.54, 1.807) is 7.11 Å². The Kier molecular flexibility index (Phi) is 5.77. The van der Waals surface area contributed by atoms with E-state index >= 15 is 0 Å². The number of benzene rings is 1. The summed E-state index contributed by atoms with van der Waals surface area (Å²) in [4.78, 5) is 11.9. The van der Waals surface area contributed by atoms with Crippen LogP contribution in [0.15, 0.2) is 29.4 Å². The van der Waals surface area contributed by atoms with Crippen molar-refractivity contribution >= 4 is 17.7 Å². The molecule has 0 spiro atoms. The topological polar surface area (TPSA) is 104 Å². The molecule has 9 heteroatoms. The molecule has 1 amide bonds. The highest BCUT2D eigenvalue weighted by Gasteiger charge is 2.17. The summed E-state index contributed by atoms with van der Waals surface area (Å²) in [6, 6.07) is 7.37. The first-order chi connectivity index (χ1) is 12.2. The lowest BCUT2D eigenvalue weighted by Gasteiger charge is -2.10. The van der Waals surface area contributed by atoms with E-state index in [0.29, 0.717) is 17.5 Å². The van der Waals surface area contributed by atoms with Gasteiger partial charge in [0.1, 0.15) is 5.75 Å². The molecule has 0 radical (unpaired) electrons. The summed E-state index contributed by atoms with van der Waals surface area (Å²) in [7, 11) is 1.61. The number of nitrogens with two attached hydrogens (primary N) is 1. The number of nitrogens with one attached hydrogen (secondary N) is 1. The van der Waals surface area contributed by atoms with Gasteiger partial charge in [0.05, 0.1) is 19.0 Å². The number of rotatable bonds is 7. The van der Waals surface area contributed by atoms with Crippen LogP contribution >= 0.6 is 11.8 Å². The van der Waals surface area contributed by atoms with Crippen LogP contribution in [0, 0.1) is 0 Å². The van der Waals surface area contributed by atoms with Crippen LogP contribution < -0.4 is 15.9 Å². The maximum Gasteiger partial charge on any atom is 0.230 e. The molecule has 1 aromatic heterocycles. The molecular formula is C16H21N5O3S. The van der Waals surface area contributed by atoms with Crippen molar-refractivity contribution < 1.29 is 14.3 Å². The molecule has 0 aliphatic carbocycles. The van der Waals surface area contributed by atoms with Crippen molar-refractivity contribution in [1.29, 1.82) is 0 Å². The van der Waals surface area contributed by atoms with Crippen LogP contribution in [0.4, 0.5) is 0 Å². The van der Waals surface area contributed by atoms with Crippen molar-refractivity contribution in [2.75, 3.05) is 31.9 Å². The summed E-state index contributed by atoms with van der Waals surface area (Å²) in [5, 5.41) is 11.5. The first kappa shape index (κ1) is 17.6. The second-order valence-corrected chi connectivity index (χ2v) is 6.57. The predicted octanol–water partition coefficient (Wildman–Crippen LogP) is 1.05. The number of nitrogen functional groups attached to an aromatic ring is 1. The van der Waals surface area contributed by atoms with E-state index in [-0.39, 0.29) is 17.8 Å². The van der Waals surface area contributed by atoms with Gasteiger partial charge in [-0.3, -0.25) is 4.79 Å². The van der Waals surface area contributed by atoms with Gasteiger partial charge in [0, 0.05) is 18.7 Å². The first-order valence-corrected chi connectivity index (χ1v) is 9.02. The number of hydrogen-bond acceptors (Lipinski definition) is 7. The summed E-state index contributed by atoms with van der Waals surface area (Å²) in [5.41, 5.74) is 0.825. The minimum Gasteiger partial charge on any atom is -0.497 e. The van der Waals surface area contributed by atoms with Crippen LogP contribution in [0.25, 0.3) is 11.4 Å². The van der Waals surface area contributed by atoms with Crippen LogP contribution in [-0.2, 0) is 9.53 Å². The largest absolute Gasteiger partial charge is 0.497 e. The predicted molar refractivity (Wildman–Crippen MR) is 94.9 cm³/mol. The van der Waals surface area contributed by atoms with Crippen LogP contribution in [0.2, 0.25) is 0 Å². The molecule has 2 heterocycles. The van der Waals surface area contributed by atoms with E-state index in [1.165, 1.54) is 16.4 Å². The van der Waals surface area contributed by atoms with E-state index in [9.17, 15) is 4.79 Å². The van der Waals surface area contributed by atoms with Crippen molar-refractivity contribution in [2.24, 2.45) is 0 Å². The monoisotopic (exact) mass is 363 g/mol. The Labute approximate surface area is 150 Å². The Morgan fingerprint density at radius 2 is 2.24 bits per heavy atom. The average Bonchev–Trinajstić information content (AvgIpc) is 3.28. The number of ether oxygens (including phenoxy) is 2. The molecule has 134 valence electrons. The quantitative estimate of drug-likeness (QED) is 0.560. The molecular weight excluding hydrogens is 342 g/mol. The number of aromatic nitrogens is 3. The molecule has 0 saturated carbocycles. The molecule has 0 bridgehead atoms. The highest BCUT2D eigenvalue weighted by Crippen LogP contribution is 2.23. The molecule has 1 aliphatic heterocycles. The fraction of sp³-hybridized carbons (Fsp3) is 0.438. The van der Waals surface area contributed by atoms with E-state index in [2.05, 4.69) is 15.5 Å². The molecule has 3 N–H and O–H groups in total. The van der Waals surface area contributed by atoms with Crippen molar-refractivity contribution in [1.82, 2.24) is 20.2 Å². The molecule has 3 rings (SSSR count). The molecule has 1 atom stereocenters. The van der Waals surface area contributed by atoms with Gasteiger partial charge in [0.15, 0.2) is 5.82 Å². The minimum atomic E-state index is -0.0745. The normalized spacial score (nSPS) is 16.8. The van der Waals surface area contributed by atoms with Gasteiger partial charge in [-0.1, -0.05) is 11.8 Å². The van der Waals surface area contributed by atoms with Gasteiger partial charge in [-0.15, -0.1) is 10.2 Å². The Morgan fingerprint density at radius 3 is 2.92 bits per heavy atom. The van der Waals surface area contributed by atoms with Crippen molar-refractivity contribution in [3.63, 3.8) is 0 Å². The lowest BCUT2D eigenvalue weighted by Crippen LogP contribution is -2.33. The molecule has 8 nitrogen and oxygen atoms in total. The second kappa shape index (κ2) is 8.21. The van der Waals surface area contributed by atoms with E-state index in [1.807, 2.05) is 24.3 Å². The van der Waals surface area contributed by atoms with Crippen molar-refractivity contribution in [3.05, 3.63) is 24.3 Å². The van der Waals surface area contributed by atoms with E-state index in [0.717, 1.165) is 30.8 Å². The standard InChI is InChI=1S/C16H21N5O3S/c1-23-12-6-4-11(5-7-12)15-19-20-16(21(15)17)25-10-14(22)18-9-13-3-2-8-24-13/h4-7,13H,2-3,8-10,17H2,1H3,(H,18,22)/t13-/m1/s1. The number of nitrogens with zero attached hydrogens (tertiary/aromatic N) is 3. The van der Waals surface area contributed by atoms with E-state index < -0.39 is 0 Å². The number of carbonyl (C=O) groups is 1. The van der Waals surface area contributed by atoms with E-state index in [4.69, 9.17) is 15.3 Å². The van der Waals surface area contributed by atoms with Crippen LogP contribution in [-0.4, -0.2) is 52.9 Å². The average molecular weight is 363 g/mol. The number of amides is 1. The lowest BCUT2D eigenvalue weighted by molar-refractivity contribution is -0.119. The third kappa shape index (κ3) is 4.43. The van der Waals surface area contributed by atoms with Gasteiger partial charge >= 0.3 is 0 Å². The molecule has 1 fully saturated rings. The third-order valence-electron chi connectivity index (χ3n) is 3.90. The summed E-state index contributed by atoms with van der Waals surface area (Å²) < 4.78 is 12.0. The van der Waals surface area contributed by atoms with Crippen molar-refractivity contribution in [3.8, 4) is 17.1 Å². The van der Waals surface area contributed by atoms with Crippen LogP contribution in [0.5, 0.6) is 5.75 Å². The zero-order valence-electron chi connectivity index (χ0n) is 14.0. The fourth-order valence-corrected chi connectivity index (χ4v) is 3.21. The van der Waals surface area contributed by atoms with Gasteiger partial charge in [0.2, 0.25) is 11.1 Å². The molecule has 1 saturated heterocycles. The summed E-state index contributed by atoms with van der Waals surface area (Å²) in [5.74, 6) is 7.49. The lowest BCUT2D eigenvalue weighted by atomic mass is 10.2. The smallest absolute Gasteiger partial charge is 0.230 e. The summed E-state index contributed by atoms with van der Waals surface area (Å²) in [6.07, 6.45) is 2.18. The second-order valence-electron chi connectivity index (χ2n) is 5.63. The Bertz CT molecular complexity index is 713. The Balaban J connectivity index is 1.54. The first-order valence-electron chi connectivity index (χ1n) is 8.03. The molecule has 0 unspecified atom stereocenters. The summed E-state index contributed by atoms with van der Waals surface area (Å²) >= 11 is 1.25. The van der Waals surface area contributed by atoms with Gasteiger partial charge in [-0.05, 0) is 37.1 Å².